The molecule has 0 bridgehead atoms. The number of methoxy groups -OCH3 is 1. The van der Waals surface area contributed by atoms with Crippen molar-refractivity contribution in [2.45, 2.75) is 45.2 Å². The van der Waals surface area contributed by atoms with Crippen LogP contribution in [0.25, 0.3) is 0 Å². The van der Waals surface area contributed by atoms with E-state index in [0.717, 1.165) is 55.3 Å². The maximum atomic E-state index is 12.8. The number of amides is 1. The summed E-state index contributed by atoms with van der Waals surface area (Å²) in [5.41, 5.74) is 2.84. The van der Waals surface area contributed by atoms with Crippen LogP contribution in [0.2, 0.25) is 0 Å². The highest BCUT2D eigenvalue weighted by atomic mass is 16.5. The van der Waals surface area contributed by atoms with E-state index in [1.807, 2.05) is 24.0 Å². The van der Waals surface area contributed by atoms with Gasteiger partial charge in [-0.15, -0.1) is 0 Å². The number of rotatable bonds is 5. The fraction of sp³-hybridized carbons (Fsp3) is 0.500. The number of aromatic nitrogens is 2. The molecule has 7 heteroatoms. The summed E-state index contributed by atoms with van der Waals surface area (Å²) in [6, 6.07) is 8.04. The number of nitrogens with one attached hydrogen (secondary N) is 1. The van der Waals surface area contributed by atoms with Crippen molar-refractivity contribution in [3.05, 3.63) is 57.3 Å². The zero-order valence-electron chi connectivity index (χ0n) is 17.1. The Hall–Kier alpha value is -2.67. The van der Waals surface area contributed by atoms with E-state index in [2.05, 4.69) is 22.0 Å². The number of likely N-dealkylation sites (tertiary alicyclic amines) is 1. The second-order valence-corrected chi connectivity index (χ2v) is 7.86. The van der Waals surface area contributed by atoms with E-state index >= 15 is 0 Å². The first kappa shape index (κ1) is 19.6. The van der Waals surface area contributed by atoms with Crippen LogP contribution in [0.4, 0.5) is 0 Å². The molecule has 1 aromatic heterocycles. The van der Waals surface area contributed by atoms with E-state index < -0.39 is 0 Å². The first-order valence-electron chi connectivity index (χ1n) is 10.3. The monoisotopic (exact) mass is 396 g/mol. The third kappa shape index (κ3) is 4.19. The third-order valence-electron chi connectivity index (χ3n) is 5.96. The minimum absolute atomic E-state index is 0.0373. The predicted octanol–water partition coefficient (Wildman–Crippen LogP) is 2.06. The number of fused-ring (bicyclic) bond motifs is 1. The Morgan fingerprint density at radius 1 is 1.28 bits per heavy atom. The number of hydrogen-bond acceptors (Lipinski definition) is 5. The molecule has 1 atom stereocenters. The van der Waals surface area contributed by atoms with Gasteiger partial charge in [0.05, 0.1) is 18.4 Å². The summed E-state index contributed by atoms with van der Waals surface area (Å²) in [4.78, 5) is 36.7. The first-order valence-corrected chi connectivity index (χ1v) is 10.3. The minimum atomic E-state index is -0.0373. The number of benzene rings is 1. The normalized spacial score (nSPS) is 19.2. The highest BCUT2D eigenvalue weighted by Crippen LogP contribution is 2.26. The molecule has 0 spiro atoms. The third-order valence-corrected chi connectivity index (χ3v) is 5.96. The summed E-state index contributed by atoms with van der Waals surface area (Å²) < 4.78 is 5.21. The van der Waals surface area contributed by atoms with E-state index in [4.69, 9.17) is 9.72 Å². The average Bonchev–Trinajstić information content (AvgIpc) is 3.24. The molecule has 2 aliphatic rings. The smallest absolute Gasteiger partial charge is 0.255 e. The van der Waals surface area contributed by atoms with Crippen molar-refractivity contribution in [3.63, 3.8) is 0 Å². The van der Waals surface area contributed by atoms with Gasteiger partial charge < -0.3 is 14.6 Å². The Balaban J connectivity index is 1.45. The summed E-state index contributed by atoms with van der Waals surface area (Å²) in [6.07, 6.45) is 2.15. The van der Waals surface area contributed by atoms with Crippen molar-refractivity contribution in [1.29, 1.82) is 0 Å². The minimum Gasteiger partial charge on any atom is -0.497 e. The number of hydrogen-bond donors (Lipinski definition) is 1. The molecular formula is C22H28N4O3. The van der Waals surface area contributed by atoms with Gasteiger partial charge in [0.15, 0.2) is 0 Å². The highest BCUT2D eigenvalue weighted by molar-refractivity contribution is 5.76. The molecule has 2 aliphatic heterocycles. The van der Waals surface area contributed by atoms with Crippen LogP contribution in [0.3, 0.4) is 0 Å². The van der Waals surface area contributed by atoms with Crippen molar-refractivity contribution in [1.82, 2.24) is 19.8 Å². The van der Waals surface area contributed by atoms with E-state index in [1.54, 1.807) is 7.11 Å². The lowest BCUT2D eigenvalue weighted by Crippen LogP contribution is -2.36. The lowest BCUT2D eigenvalue weighted by Gasteiger charge is -2.28. The molecule has 154 valence electrons. The number of ether oxygens (including phenoxy) is 1. The molecule has 29 heavy (non-hydrogen) atoms. The van der Waals surface area contributed by atoms with Gasteiger partial charge in [-0.05, 0) is 24.1 Å². The quantitative estimate of drug-likeness (QED) is 0.837. The maximum Gasteiger partial charge on any atom is 0.255 e. The topological polar surface area (TPSA) is 78.5 Å². The number of aromatic amines is 1. The van der Waals surface area contributed by atoms with Gasteiger partial charge in [0.1, 0.15) is 11.6 Å². The summed E-state index contributed by atoms with van der Waals surface area (Å²) in [5.74, 6) is 1.88. The standard InChI is InChI=1S/C22H28N4O3/c1-3-20(27)26-11-8-16(13-26)21-23-19-9-10-25(14-18(19)22(28)24-21)12-15-4-6-17(29-2)7-5-15/h4-7,16H,3,8-14H2,1-2H3,(H,23,24,28)/t16-/m0/s1. The van der Waals surface area contributed by atoms with Crippen LogP contribution in [0.5, 0.6) is 5.75 Å². The van der Waals surface area contributed by atoms with E-state index in [0.29, 0.717) is 19.5 Å². The van der Waals surface area contributed by atoms with Crippen molar-refractivity contribution in [2.75, 3.05) is 26.7 Å². The van der Waals surface area contributed by atoms with Crippen LogP contribution in [-0.2, 0) is 24.3 Å². The Kier molecular flexibility index (Phi) is 5.67. The number of nitrogens with zero attached hydrogens (tertiary/aromatic N) is 3. The highest BCUT2D eigenvalue weighted by Gasteiger charge is 2.30. The molecule has 1 fully saturated rings. The molecule has 3 heterocycles. The molecule has 7 nitrogen and oxygen atoms in total. The molecule has 1 N–H and O–H groups in total. The van der Waals surface area contributed by atoms with E-state index in [-0.39, 0.29) is 17.4 Å². The number of carbonyl (C=O) groups excluding carboxylic acids is 1. The largest absolute Gasteiger partial charge is 0.497 e. The van der Waals surface area contributed by atoms with Gasteiger partial charge in [-0.1, -0.05) is 19.1 Å². The lowest BCUT2D eigenvalue weighted by atomic mass is 10.0. The second kappa shape index (κ2) is 8.37. The molecule has 0 aliphatic carbocycles. The summed E-state index contributed by atoms with van der Waals surface area (Å²) in [7, 11) is 1.66. The molecule has 1 aromatic carbocycles. The zero-order chi connectivity index (χ0) is 20.4. The van der Waals surface area contributed by atoms with Gasteiger partial charge in [0.25, 0.3) is 5.56 Å². The van der Waals surface area contributed by atoms with Crippen LogP contribution in [0.15, 0.2) is 29.1 Å². The molecular weight excluding hydrogens is 368 g/mol. The molecule has 1 saturated heterocycles. The average molecular weight is 396 g/mol. The van der Waals surface area contributed by atoms with Crippen molar-refractivity contribution in [3.8, 4) is 5.75 Å². The molecule has 4 rings (SSSR count). The molecule has 2 aromatic rings. The fourth-order valence-electron chi connectivity index (χ4n) is 4.25. The molecule has 0 radical (unpaired) electrons. The number of H-pyrrole nitrogens is 1. The SMILES string of the molecule is CCC(=O)N1CC[C@H](c2nc3c(c(=O)[nH]2)CN(Cc2ccc(OC)cc2)CC3)C1. The fourth-order valence-corrected chi connectivity index (χ4v) is 4.25. The molecule has 1 amide bonds. The summed E-state index contributed by atoms with van der Waals surface area (Å²) in [5, 5.41) is 0. The molecule has 0 unspecified atom stereocenters. The van der Waals surface area contributed by atoms with Crippen molar-refractivity contribution < 1.29 is 9.53 Å². The molecule has 0 saturated carbocycles. The van der Waals surface area contributed by atoms with E-state index in [9.17, 15) is 9.59 Å². The zero-order valence-corrected chi connectivity index (χ0v) is 17.1. The Labute approximate surface area is 170 Å². The number of carbonyl (C=O) groups is 1. The van der Waals surface area contributed by atoms with Crippen LogP contribution in [-0.4, -0.2) is 52.4 Å². The van der Waals surface area contributed by atoms with Gasteiger partial charge in [-0.25, -0.2) is 4.98 Å². The Bertz CT molecular complexity index is 938. The lowest BCUT2D eigenvalue weighted by molar-refractivity contribution is -0.129. The van der Waals surface area contributed by atoms with Crippen molar-refractivity contribution in [2.24, 2.45) is 0 Å². The van der Waals surface area contributed by atoms with Crippen LogP contribution < -0.4 is 10.3 Å². The van der Waals surface area contributed by atoms with E-state index in [1.165, 1.54) is 5.56 Å². The van der Waals surface area contributed by atoms with Crippen molar-refractivity contribution >= 4 is 5.91 Å². The van der Waals surface area contributed by atoms with Crippen LogP contribution in [0, 0.1) is 0 Å². The summed E-state index contributed by atoms with van der Waals surface area (Å²) >= 11 is 0. The first-order chi connectivity index (χ1) is 14.1. The van der Waals surface area contributed by atoms with Crippen LogP contribution in [0.1, 0.15) is 48.3 Å². The van der Waals surface area contributed by atoms with Gasteiger partial charge >= 0.3 is 0 Å². The predicted molar refractivity (Wildman–Crippen MR) is 110 cm³/mol. The Morgan fingerprint density at radius 2 is 2.07 bits per heavy atom. The second-order valence-electron chi connectivity index (χ2n) is 7.86. The van der Waals surface area contributed by atoms with Gasteiger partial charge in [0.2, 0.25) is 5.91 Å². The van der Waals surface area contributed by atoms with Gasteiger partial charge in [-0.3, -0.25) is 14.5 Å². The van der Waals surface area contributed by atoms with Gasteiger partial charge in [0, 0.05) is 51.5 Å². The maximum absolute atomic E-state index is 12.8. The van der Waals surface area contributed by atoms with Gasteiger partial charge in [-0.2, -0.15) is 0 Å². The van der Waals surface area contributed by atoms with Crippen LogP contribution >= 0.6 is 0 Å². The Morgan fingerprint density at radius 3 is 2.79 bits per heavy atom. The summed E-state index contributed by atoms with van der Waals surface area (Å²) in [6.45, 7) is 5.55.